The Morgan fingerprint density at radius 2 is 1.73 bits per heavy atom. The Morgan fingerprint density at radius 1 is 0.900 bits per heavy atom. The van der Waals surface area contributed by atoms with Crippen LogP contribution < -0.4 is 5.32 Å². The third kappa shape index (κ3) is 4.35. The van der Waals surface area contributed by atoms with E-state index in [1.165, 1.54) is 0 Å². The first kappa shape index (κ1) is 22.3. The van der Waals surface area contributed by atoms with Gasteiger partial charge in [0.2, 0.25) is 0 Å². The van der Waals surface area contributed by atoms with Crippen molar-refractivity contribution in [1.82, 2.24) is 34.5 Å². The largest absolute Gasteiger partial charge is 0.335 e. The highest BCUT2D eigenvalue weighted by Crippen LogP contribution is 2.18. The lowest BCUT2D eigenvalue weighted by Crippen LogP contribution is -2.34. The molecule has 0 saturated carbocycles. The van der Waals surface area contributed by atoms with E-state index < -0.39 is 0 Å². The van der Waals surface area contributed by atoms with Gasteiger partial charge < -0.3 is 14.8 Å². The number of nitrogens with zero attached hydrogens (tertiary/aromatic N) is 6. The van der Waals surface area contributed by atoms with Gasteiger partial charge in [0.25, 0.3) is 5.91 Å². The molecular formula is C20H25Cl2N7O. The molecule has 2 aromatic heterocycles. The molecule has 0 aliphatic carbocycles. The summed E-state index contributed by atoms with van der Waals surface area (Å²) in [6, 6.07) is 10.0. The molecular weight excluding hydrogens is 425 g/mol. The average Bonchev–Trinajstić information content (AvgIpc) is 3.19. The van der Waals surface area contributed by atoms with Crippen LogP contribution in [0, 0.1) is 0 Å². The second-order valence-corrected chi connectivity index (χ2v) is 7.22. The summed E-state index contributed by atoms with van der Waals surface area (Å²) < 4.78 is 4.04. The van der Waals surface area contributed by atoms with Gasteiger partial charge in [-0.05, 0) is 0 Å². The first-order chi connectivity index (χ1) is 13.8. The Labute approximate surface area is 187 Å². The van der Waals surface area contributed by atoms with Crippen LogP contribution in [-0.2, 0) is 25.9 Å². The summed E-state index contributed by atoms with van der Waals surface area (Å²) in [5, 5.41) is 8.00. The summed E-state index contributed by atoms with van der Waals surface area (Å²) >= 11 is 0. The van der Waals surface area contributed by atoms with E-state index in [9.17, 15) is 4.79 Å². The Balaban J connectivity index is 0.00000128. The fourth-order valence-corrected chi connectivity index (χ4v) is 3.85. The highest BCUT2D eigenvalue weighted by Gasteiger charge is 2.25. The number of halogens is 2. The molecule has 10 heteroatoms. The Hall–Kier alpha value is -2.42. The van der Waals surface area contributed by atoms with E-state index in [0.29, 0.717) is 31.7 Å². The van der Waals surface area contributed by atoms with Crippen LogP contribution >= 0.6 is 24.8 Å². The Kier molecular flexibility index (Phi) is 7.12. The first-order valence-electron chi connectivity index (χ1n) is 9.83. The Morgan fingerprint density at radius 3 is 2.57 bits per heavy atom. The zero-order valence-corrected chi connectivity index (χ0v) is 18.2. The fraction of sp³-hybridized carbons (Fsp3) is 0.400. The third-order valence-corrected chi connectivity index (χ3v) is 5.39. The van der Waals surface area contributed by atoms with Crippen molar-refractivity contribution in [3.05, 3.63) is 53.9 Å². The van der Waals surface area contributed by atoms with Gasteiger partial charge in [0, 0.05) is 57.3 Å². The number of benzene rings is 1. The fourth-order valence-electron chi connectivity index (χ4n) is 3.85. The molecule has 1 N–H and O–H groups in total. The number of aromatic nitrogens is 5. The molecule has 1 aromatic carbocycles. The van der Waals surface area contributed by atoms with Crippen molar-refractivity contribution in [1.29, 1.82) is 0 Å². The minimum absolute atomic E-state index is 0. The molecule has 30 heavy (non-hydrogen) atoms. The minimum atomic E-state index is 0. The molecule has 160 valence electrons. The van der Waals surface area contributed by atoms with Gasteiger partial charge in [-0.25, -0.2) is 14.6 Å². The molecule has 0 radical (unpaired) electrons. The van der Waals surface area contributed by atoms with Gasteiger partial charge in [-0.3, -0.25) is 4.79 Å². The van der Waals surface area contributed by atoms with Crippen molar-refractivity contribution in [2.45, 2.75) is 25.9 Å². The number of fused-ring (bicyclic) bond motifs is 2. The number of nitrogens with one attached hydrogen (secondary N) is 1. The van der Waals surface area contributed by atoms with Gasteiger partial charge in [-0.2, -0.15) is 5.10 Å². The van der Waals surface area contributed by atoms with E-state index >= 15 is 0 Å². The highest BCUT2D eigenvalue weighted by molar-refractivity contribution is 5.92. The van der Waals surface area contributed by atoms with Crippen LogP contribution in [0.15, 0.2) is 36.5 Å². The van der Waals surface area contributed by atoms with Gasteiger partial charge in [-0.15, -0.1) is 24.8 Å². The lowest BCUT2D eigenvalue weighted by molar-refractivity contribution is 0.0752. The SMILES string of the molecule is Cl.Cl.O=C(c1cn2c(n1)CCNCC2)N1CCc2nc(-c3ccccc3)nn2CC1. The third-order valence-electron chi connectivity index (χ3n) is 5.39. The van der Waals surface area contributed by atoms with Gasteiger partial charge in [0.05, 0.1) is 6.54 Å². The maximum Gasteiger partial charge on any atom is 0.274 e. The predicted octanol–water partition coefficient (Wildman–Crippen LogP) is 1.83. The van der Waals surface area contributed by atoms with Crippen molar-refractivity contribution >= 4 is 30.7 Å². The zero-order chi connectivity index (χ0) is 18.9. The van der Waals surface area contributed by atoms with Gasteiger partial charge >= 0.3 is 0 Å². The number of imidazole rings is 1. The van der Waals surface area contributed by atoms with Gasteiger partial charge in [0.1, 0.15) is 17.3 Å². The van der Waals surface area contributed by atoms with Crippen molar-refractivity contribution in [3.63, 3.8) is 0 Å². The summed E-state index contributed by atoms with van der Waals surface area (Å²) in [5.41, 5.74) is 1.57. The summed E-state index contributed by atoms with van der Waals surface area (Å²) in [7, 11) is 0. The number of carbonyl (C=O) groups is 1. The summed E-state index contributed by atoms with van der Waals surface area (Å²) in [4.78, 5) is 24.2. The molecule has 0 bridgehead atoms. The van der Waals surface area contributed by atoms with Crippen LogP contribution in [0.1, 0.15) is 22.1 Å². The summed E-state index contributed by atoms with van der Waals surface area (Å²) in [5.74, 6) is 2.68. The standard InChI is InChI=1S/C20H23N7O.2ClH/c28-20(16-14-26-11-9-21-8-6-17(26)22-16)25-10-7-18-23-19(24-27(18)13-12-25)15-4-2-1-3-5-15;;/h1-5,14,21H,6-13H2;2*1H. The molecule has 0 unspecified atom stereocenters. The van der Waals surface area contributed by atoms with E-state index in [0.717, 1.165) is 49.1 Å². The quantitative estimate of drug-likeness (QED) is 0.645. The average molecular weight is 450 g/mol. The molecule has 0 fully saturated rings. The van der Waals surface area contributed by atoms with Crippen LogP contribution in [0.3, 0.4) is 0 Å². The Bertz CT molecular complexity index is 953. The first-order valence-corrected chi connectivity index (χ1v) is 9.83. The molecule has 8 nitrogen and oxygen atoms in total. The van der Waals surface area contributed by atoms with E-state index in [1.54, 1.807) is 0 Å². The lowest BCUT2D eigenvalue weighted by Gasteiger charge is -2.18. The summed E-state index contributed by atoms with van der Waals surface area (Å²) in [6.45, 7) is 4.58. The zero-order valence-electron chi connectivity index (χ0n) is 16.5. The molecule has 4 heterocycles. The second kappa shape index (κ2) is 9.59. The molecule has 5 rings (SSSR count). The maximum absolute atomic E-state index is 13.0. The molecule has 3 aromatic rings. The smallest absolute Gasteiger partial charge is 0.274 e. The van der Waals surface area contributed by atoms with Crippen molar-refractivity contribution in [2.75, 3.05) is 26.2 Å². The molecule has 1 amide bonds. The van der Waals surface area contributed by atoms with Crippen LogP contribution in [0.25, 0.3) is 11.4 Å². The van der Waals surface area contributed by atoms with Crippen molar-refractivity contribution in [3.8, 4) is 11.4 Å². The molecule has 0 saturated heterocycles. The van der Waals surface area contributed by atoms with E-state index in [4.69, 9.17) is 4.98 Å². The number of rotatable bonds is 2. The lowest BCUT2D eigenvalue weighted by atomic mass is 10.2. The maximum atomic E-state index is 13.0. The van der Waals surface area contributed by atoms with E-state index in [2.05, 4.69) is 20.0 Å². The van der Waals surface area contributed by atoms with Gasteiger partial charge in [-0.1, -0.05) is 30.3 Å². The highest BCUT2D eigenvalue weighted by atomic mass is 35.5. The topological polar surface area (TPSA) is 80.9 Å². The van der Waals surface area contributed by atoms with Crippen LogP contribution in [0.2, 0.25) is 0 Å². The minimum Gasteiger partial charge on any atom is -0.335 e. The number of hydrogen-bond acceptors (Lipinski definition) is 5. The molecule has 0 atom stereocenters. The van der Waals surface area contributed by atoms with Crippen LogP contribution in [-0.4, -0.2) is 61.3 Å². The number of hydrogen-bond donors (Lipinski definition) is 1. The van der Waals surface area contributed by atoms with Gasteiger partial charge in [0.15, 0.2) is 5.82 Å². The molecule has 2 aliphatic heterocycles. The monoisotopic (exact) mass is 449 g/mol. The second-order valence-electron chi connectivity index (χ2n) is 7.22. The normalized spacial score (nSPS) is 15.7. The van der Waals surface area contributed by atoms with E-state index in [-0.39, 0.29) is 30.7 Å². The van der Waals surface area contributed by atoms with Crippen molar-refractivity contribution < 1.29 is 4.79 Å². The predicted molar refractivity (Wildman–Crippen MR) is 118 cm³/mol. The van der Waals surface area contributed by atoms with Crippen LogP contribution in [0.4, 0.5) is 0 Å². The summed E-state index contributed by atoms with van der Waals surface area (Å²) in [6.07, 6.45) is 3.46. The number of carbonyl (C=O) groups excluding carboxylic acids is 1. The van der Waals surface area contributed by atoms with Crippen LogP contribution in [0.5, 0.6) is 0 Å². The molecule has 0 spiro atoms. The number of amides is 1. The van der Waals surface area contributed by atoms with Crippen molar-refractivity contribution in [2.24, 2.45) is 0 Å². The molecule has 2 aliphatic rings. The van der Waals surface area contributed by atoms with E-state index in [1.807, 2.05) is 46.1 Å².